The molecule has 0 aromatic rings. The molecule has 0 radical (unpaired) electrons. The number of allylic oxidation sites excluding steroid dienone is 3. The predicted molar refractivity (Wildman–Crippen MR) is 126 cm³/mol. The average molecular weight is 411 g/mol. The van der Waals surface area contributed by atoms with Gasteiger partial charge in [-0.05, 0) is 111 Å². The topological polar surface area (TPSA) is 20.2 Å². The molecule has 3 fully saturated rings. The van der Waals surface area contributed by atoms with Gasteiger partial charge in [-0.15, -0.1) is 0 Å². The van der Waals surface area contributed by atoms with Crippen LogP contribution in [0.3, 0.4) is 0 Å². The fourth-order valence-corrected chi connectivity index (χ4v) is 9.73. The molecule has 0 spiro atoms. The summed E-state index contributed by atoms with van der Waals surface area (Å²) in [5, 5.41) is 10.2. The molecule has 5 aliphatic rings. The van der Waals surface area contributed by atoms with Gasteiger partial charge in [0.05, 0.1) is 6.10 Å². The second-order valence-corrected chi connectivity index (χ2v) is 12.9. The van der Waals surface area contributed by atoms with Crippen molar-refractivity contribution < 1.29 is 5.11 Å². The van der Waals surface area contributed by atoms with Crippen LogP contribution in [0.1, 0.15) is 99.3 Å². The van der Waals surface area contributed by atoms with Gasteiger partial charge in [0.15, 0.2) is 0 Å². The molecule has 0 bridgehead atoms. The van der Waals surface area contributed by atoms with E-state index in [1.807, 2.05) is 0 Å². The number of hydrogen-bond donors (Lipinski definition) is 1. The summed E-state index contributed by atoms with van der Waals surface area (Å²) in [6.07, 6.45) is 14.2. The first kappa shape index (κ1) is 21.3. The van der Waals surface area contributed by atoms with E-state index in [2.05, 4.69) is 47.6 Å². The minimum atomic E-state index is -0.0818. The van der Waals surface area contributed by atoms with Gasteiger partial charge in [0.25, 0.3) is 0 Å². The van der Waals surface area contributed by atoms with Gasteiger partial charge in [-0.1, -0.05) is 57.4 Å². The summed E-state index contributed by atoms with van der Waals surface area (Å²) in [5.74, 6) is 6.09. The Morgan fingerprint density at radius 3 is 2.50 bits per heavy atom. The highest BCUT2D eigenvalue weighted by Gasteiger charge is 2.59. The lowest BCUT2D eigenvalue weighted by Crippen LogP contribution is -2.50. The zero-order chi connectivity index (χ0) is 21.4. The summed E-state index contributed by atoms with van der Waals surface area (Å²) in [6.45, 7) is 15.0. The number of hydrogen-bond acceptors (Lipinski definition) is 1. The van der Waals surface area contributed by atoms with Gasteiger partial charge < -0.3 is 5.11 Å². The summed E-state index contributed by atoms with van der Waals surface area (Å²) < 4.78 is 0. The predicted octanol–water partition coefficient (Wildman–Crippen LogP) is 7.55. The van der Waals surface area contributed by atoms with Gasteiger partial charge in [0, 0.05) is 5.92 Å². The molecule has 1 N–H and O–H groups in total. The Kier molecular flexibility index (Phi) is 5.13. The quantitative estimate of drug-likeness (QED) is 0.474. The van der Waals surface area contributed by atoms with Crippen LogP contribution >= 0.6 is 0 Å². The molecule has 1 heteroatoms. The van der Waals surface area contributed by atoms with E-state index in [0.717, 1.165) is 54.3 Å². The van der Waals surface area contributed by atoms with Crippen molar-refractivity contribution in [1.29, 1.82) is 0 Å². The molecule has 0 heterocycles. The third kappa shape index (κ3) is 3.04. The largest absolute Gasteiger partial charge is 0.393 e. The third-order valence-electron chi connectivity index (χ3n) is 11.3. The van der Waals surface area contributed by atoms with Gasteiger partial charge in [0.2, 0.25) is 0 Å². The standard InChI is InChI=1S/C29H46O/c1-17(2)27-19(4)23(27)15-18(3)24-9-10-25-22-8-7-20-16-21(30)11-13-28(20,5)26(22)12-14-29(24,25)6/h7,17-18,21-26,30H,8-16H2,1-6H3/t18-,21+,22+,23-,24-,25+,26+,28+,29-/m1/s1. The number of fused-ring (bicyclic) bond motifs is 5. The molecule has 0 aromatic heterocycles. The lowest BCUT2D eigenvalue weighted by atomic mass is 9.47. The van der Waals surface area contributed by atoms with Crippen molar-refractivity contribution in [3.8, 4) is 0 Å². The van der Waals surface area contributed by atoms with E-state index in [4.69, 9.17) is 0 Å². The molecule has 0 saturated heterocycles. The Bertz CT molecular complexity index is 758. The van der Waals surface area contributed by atoms with Crippen LogP contribution in [0.5, 0.6) is 0 Å². The number of aliphatic hydroxyl groups is 1. The Hall–Kier alpha value is -0.560. The molecule has 5 rings (SSSR count). The normalized spacial score (nSPS) is 48.7. The molecular formula is C29H46O. The van der Waals surface area contributed by atoms with Crippen LogP contribution in [0.15, 0.2) is 22.8 Å². The zero-order valence-corrected chi connectivity index (χ0v) is 20.5. The summed E-state index contributed by atoms with van der Waals surface area (Å²) in [7, 11) is 0. The maximum Gasteiger partial charge on any atom is 0.0577 e. The maximum absolute atomic E-state index is 10.2. The second kappa shape index (κ2) is 7.23. The summed E-state index contributed by atoms with van der Waals surface area (Å²) in [5.41, 5.74) is 6.07. The summed E-state index contributed by atoms with van der Waals surface area (Å²) in [4.78, 5) is 0. The van der Waals surface area contributed by atoms with Crippen LogP contribution in [0.4, 0.5) is 0 Å². The van der Waals surface area contributed by atoms with Crippen LogP contribution in [-0.4, -0.2) is 11.2 Å². The van der Waals surface area contributed by atoms with Gasteiger partial charge >= 0.3 is 0 Å². The SMILES string of the molecule is CC1=C(C(C)C)[C@@H]1C[C@@H](C)[C@H]1CC[C@H]2[C@@H]3CC=C4C[C@@H](O)CC[C@]4(C)[C@H]3CC[C@]12C. The molecule has 0 aliphatic heterocycles. The molecule has 1 nitrogen and oxygen atoms in total. The maximum atomic E-state index is 10.2. The Morgan fingerprint density at radius 2 is 1.80 bits per heavy atom. The van der Waals surface area contributed by atoms with Crippen molar-refractivity contribution in [2.75, 3.05) is 0 Å². The lowest BCUT2D eigenvalue weighted by Gasteiger charge is -2.58. The fraction of sp³-hybridized carbons (Fsp3) is 0.862. The van der Waals surface area contributed by atoms with Crippen molar-refractivity contribution in [2.45, 2.75) is 105 Å². The highest BCUT2D eigenvalue weighted by atomic mass is 16.3. The number of rotatable bonds is 4. The lowest BCUT2D eigenvalue weighted by molar-refractivity contribution is -0.0574. The zero-order valence-electron chi connectivity index (χ0n) is 20.5. The van der Waals surface area contributed by atoms with Crippen LogP contribution in [0.2, 0.25) is 0 Å². The van der Waals surface area contributed by atoms with Crippen LogP contribution in [-0.2, 0) is 0 Å². The van der Waals surface area contributed by atoms with Crippen LogP contribution in [0.25, 0.3) is 0 Å². The molecule has 3 saturated carbocycles. The van der Waals surface area contributed by atoms with Gasteiger partial charge in [-0.2, -0.15) is 0 Å². The van der Waals surface area contributed by atoms with Crippen LogP contribution in [0, 0.1) is 52.3 Å². The number of aliphatic hydroxyl groups excluding tert-OH is 1. The molecule has 0 unspecified atom stereocenters. The molecular weight excluding hydrogens is 364 g/mol. The van der Waals surface area contributed by atoms with E-state index in [1.54, 1.807) is 16.7 Å². The monoisotopic (exact) mass is 410 g/mol. The van der Waals surface area contributed by atoms with Crippen molar-refractivity contribution >= 4 is 0 Å². The molecule has 9 atom stereocenters. The van der Waals surface area contributed by atoms with Gasteiger partial charge in [-0.3, -0.25) is 0 Å². The smallest absolute Gasteiger partial charge is 0.0577 e. The van der Waals surface area contributed by atoms with E-state index in [-0.39, 0.29) is 6.10 Å². The second-order valence-electron chi connectivity index (χ2n) is 12.9. The van der Waals surface area contributed by atoms with E-state index >= 15 is 0 Å². The van der Waals surface area contributed by atoms with Gasteiger partial charge in [-0.25, -0.2) is 0 Å². The first-order chi connectivity index (χ1) is 14.2. The molecule has 0 amide bonds. The minimum absolute atomic E-state index is 0.0818. The van der Waals surface area contributed by atoms with E-state index in [1.165, 1.54) is 44.9 Å². The Morgan fingerprint density at radius 1 is 1.03 bits per heavy atom. The molecule has 168 valence electrons. The fourth-order valence-electron chi connectivity index (χ4n) is 9.73. The van der Waals surface area contributed by atoms with Gasteiger partial charge in [0.1, 0.15) is 0 Å². The van der Waals surface area contributed by atoms with E-state index in [9.17, 15) is 5.11 Å². The Labute approximate surface area is 185 Å². The van der Waals surface area contributed by atoms with E-state index < -0.39 is 0 Å². The highest BCUT2D eigenvalue weighted by molar-refractivity contribution is 5.40. The Balaban J connectivity index is 1.32. The minimum Gasteiger partial charge on any atom is -0.393 e. The third-order valence-corrected chi connectivity index (χ3v) is 11.3. The van der Waals surface area contributed by atoms with E-state index in [0.29, 0.717) is 10.8 Å². The van der Waals surface area contributed by atoms with Crippen molar-refractivity contribution in [2.24, 2.45) is 52.3 Å². The molecule has 0 aromatic carbocycles. The highest BCUT2D eigenvalue weighted by Crippen LogP contribution is 2.67. The first-order valence-corrected chi connectivity index (χ1v) is 13.2. The van der Waals surface area contributed by atoms with Crippen molar-refractivity contribution in [3.63, 3.8) is 0 Å². The van der Waals surface area contributed by atoms with Crippen molar-refractivity contribution in [1.82, 2.24) is 0 Å². The van der Waals surface area contributed by atoms with Crippen LogP contribution < -0.4 is 0 Å². The summed E-state index contributed by atoms with van der Waals surface area (Å²) in [6, 6.07) is 0. The summed E-state index contributed by atoms with van der Waals surface area (Å²) >= 11 is 0. The molecule has 30 heavy (non-hydrogen) atoms. The average Bonchev–Trinajstić information content (AvgIpc) is 3.17. The van der Waals surface area contributed by atoms with Crippen molar-refractivity contribution in [3.05, 3.63) is 22.8 Å². The molecule has 5 aliphatic carbocycles. The first-order valence-electron chi connectivity index (χ1n) is 13.2.